The average Bonchev–Trinajstić information content (AvgIpc) is 3.25. The number of hydrogen-bond donors (Lipinski definition) is 1. The number of thiophene rings is 1. The lowest BCUT2D eigenvalue weighted by molar-refractivity contribution is -0.123. The minimum absolute atomic E-state index is 0.0854. The lowest BCUT2D eigenvalue weighted by atomic mass is 10.1. The molecule has 1 N–H and O–H groups in total. The summed E-state index contributed by atoms with van der Waals surface area (Å²) in [6.07, 6.45) is 1.68. The fraction of sp³-hybridized carbons (Fsp3) is 0.0909. The number of benzene rings is 2. The zero-order chi connectivity index (χ0) is 20.2. The third-order valence-electron chi connectivity index (χ3n) is 4.37. The molecule has 0 saturated carbocycles. The molecule has 2 aromatic carbocycles. The van der Waals surface area contributed by atoms with E-state index in [1.54, 1.807) is 29.5 Å². The van der Waals surface area contributed by atoms with Crippen molar-refractivity contribution in [1.29, 1.82) is 0 Å². The molecule has 0 bridgehead atoms. The summed E-state index contributed by atoms with van der Waals surface area (Å²) in [5.41, 5.74) is 1.39. The third-order valence-corrected chi connectivity index (χ3v) is 5.96. The molecule has 1 aliphatic rings. The highest BCUT2D eigenvalue weighted by molar-refractivity contribution is 9.10. The Balaban J connectivity index is 1.59. The van der Waals surface area contributed by atoms with Gasteiger partial charge in [-0.3, -0.25) is 14.5 Å². The summed E-state index contributed by atoms with van der Waals surface area (Å²) >= 11 is 5.06. The minimum atomic E-state index is -0.356. The van der Waals surface area contributed by atoms with Crippen molar-refractivity contribution in [2.45, 2.75) is 6.54 Å². The van der Waals surface area contributed by atoms with Crippen molar-refractivity contribution >= 4 is 50.8 Å². The van der Waals surface area contributed by atoms with E-state index in [1.807, 2.05) is 53.9 Å². The molecular formula is C22H17BrN2O3S. The van der Waals surface area contributed by atoms with E-state index in [4.69, 9.17) is 4.74 Å². The van der Waals surface area contributed by atoms with Gasteiger partial charge in [0.1, 0.15) is 6.54 Å². The monoisotopic (exact) mass is 468 g/mol. The van der Waals surface area contributed by atoms with Gasteiger partial charge in [-0.05, 0) is 41.3 Å². The maximum Gasteiger partial charge on any atom is 0.294 e. The largest absolute Gasteiger partial charge is 0.449 e. The Morgan fingerprint density at radius 3 is 2.69 bits per heavy atom. The van der Waals surface area contributed by atoms with E-state index in [0.717, 1.165) is 14.9 Å². The molecule has 0 fully saturated rings. The zero-order valence-electron chi connectivity index (χ0n) is 15.3. The predicted octanol–water partition coefficient (Wildman–Crippen LogP) is 4.59. The van der Waals surface area contributed by atoms with Crippen LogP contribution in [0.5, 0.6) is 5.75 Å². The molecule has 1 aliphatic heterocycles. The highest BCUT2D eigenvalue weighted by Gasteiger charge is 2.31. The normalized spacial score (nSPS) is 14.4. The lowest BCUT2D eigenvalue weighted by Gasteiger charge is -2.30. The summed E-state index contributed by atoms with van der Waals surface area (Å²) in [6.45, 7) is 0.355. The smallest absolute Gasteiger partial charge is 0.294 e. The number of carbonyl (C=O) groups is 2. The van der Waals surface area contributed by atoms with Crippen LogP contribution >= 0.6 is 27.3 Å². The van der Waals surface area contributed by atoms with Gasteiger partial charge in [0.2, 0.25) is 5.91 Å². The molecule has 2 amide bonds. The summed E-state index contributed by atoms with van der Waals surface area (Å²) < 4.78 is 6.70. The Morgan fingerprint density at radius 1 is 1.10 bits per heavy atom. The molecule has 146 valence electrons. The number of anilines is 1. The van der Waals surface area contributed by atoms with Crippen molar-refractivity contribution in [2.24, 2.45) is 0 Å². The summed E-state index contributed by atoms with van der Waals surface area (Å²) in [7, 11) is 0. The molecule has 0 atom stereocenters. The number of nitrogens with one attached hydrogen (secondary N) is 1. The highest BCUT2D eigenvalue weighted by Crippen LogP contribution is 2.35. The van der Waals surface area contributed by atoms with Gasteiger partial charge in [-0.25, -0.2) is 0 Å². The fourth-order valence-corrected chi connectivity index (χ4v) is 3.99. The first-order chi connectivity index (χ1) is 14.1. The summed E-state index contributed by atoms with van der Waals surface area (Å²) in [5, 5.41) is 4.83. The van der Waals surface area contributed by atoms with Crippen molar-refractivity contribution in [2.75, 3.05) is 11.4 Å². The summed E-state index contributed by atoms with van der Waals surface area (Å²) in [5.74, 6) is 0.118. The molecule has 0 saturated heterocycles. The molecule has 29 heavy (non-hydrogen) atoms. The Hall–Kier alpha value is -2.90. The van der Waals surface area contributed by atoms with Gasteiger partial charge in [-0.15, -0.1) is 11.3 Å². The first kappa shape index (κ1) is 19.4. The number of halogens is 1. The number of para-hydroxylation sites is 2. The van der Waals surface area contributed by atoms with Crippen LogP contribution in [-0.2, 0) is 16.1 Å². The molecule has 3 aromatic rings. The molecule has 0 spiro atoms. The quantitative estimate of drug-likeness (QED) is 0.556. The second kappa shape index (κ2) is 8.63. The topological polar surface area (TPSA) is 58.6 Å². The first-order valence-corrected chi connectivity index (χ1v) is 10.6. The van der Waals surface area contributed by atoms with E-state index in [2.05, 4.69) is 21.2 Å². The molecule has 4 rings (SSSR count). The molecule has 0 radical (unpaired) electrons. The van der Waals surface area contributed by atoms with Gasteiger partial charge in [0, 0.05) is 9.35 Å². The number of ether oxygens (including phenoxy) is 1. The van der Waals surface area contributed by atoms with Gasteiger partial charge in [0.05, 0.1) is 12.2 Å². The SMILES string of the molecule is O=C(CN1C(=O)/C(=C\c2ccccc2Br)Oc2ccccc21)NCc1cccs1. The lowest BCUT2D eigenvalue weighted by Crippen LogP contribution is -2.44. The van der Waals surface area contributed by atoms with E-state index in [0.29, 0.717) is 18.0 Å². The van der Waals surface area contributed by atoms with Gasteiger partial charge in [-0.1, -0.05) is 52.3 Å². The van der Waals surface area contributed by atoms with E-state index in [-0.39, 0.29) is 24.1 Å². The molecule has 0 unspecified atom stereocenters. The molecule has 1 aromatic heterocycles. The van der Waals surface area contributed by atoms with Crippen LogP contribution in [0.15, 0.2) is 76.3 Å². The minimum Gasteiger partial charge on any atom is -0.449 e. The van der Waals surface area contributed by atoms with Crippen LogP contribution in [-0.4, -0.2) is 18.4 Å². The average molecular weight is 469 g/mol. The van der Waals surface area contributed by atoms with Gasteiger partial charge in [0.15, 0.2) is 11.5 Å². The second-order valence-electron chi connectivity index (χ2n) is 6.35. The highest BCUT2D eigenvalue weighted by atomic mass is 79.9. The van der Waals surface area contributed by atoms with Crippen molar-refractivity contribution in [3.05, 3.63) is 86.7 Å². The van der Waals surface area contributed by atoms with Gasteiger partial charge >= 0.3 is 0 Å². The van der Waals surface area contributed by atoms with Crippen molar-refractivity contribution in [1.82, 2.24) is 5.32 Å². The number of amides is 2. The maximum atomic E-state index is 13.1. The number of carbonyl (C=O) groups excluding carboxylic acids is 2. The third kappa shape index (κ3) is 4.41. The molecule has 7 heteroatoms. The van der Waals surface area contributed by atoms with E-state index in [1.165, 1.54) is 4.90 Å². The van der Waals surface area contributed by atoms with E-state index >= 15 is 0 Å². The zero-order valence-corrected chi connectivity index (χ0v) is 17.7. The van der Waals surface area contributed by atoms with Crippen LogP contribution in [0.25, 0.3) is 6.08 Å². The molecule has 5 nitrogen and oxygen atoms in total. The van der Waals surface area contributed by atoms with Crippen LogP contribution in [0, 0.1) is 0 Å². The Morgan fingerprint density at radius 2 is 1.90 bits per heavy atom. The van der Waals surface area contributed by atoms with Gasteiger partial charge in [0.25, 0.3) is 5.91 Å². The summed E-state index contributed by atoms with van der Waals surface area (Å²) in [4.78, 5) is 28.1. The number of nitrogens with zero attached hydrogens (tertiary/aromatic N) is 1. The van der Waals surface area contributed by atoms with Crippen LogP contribution in [0.3, 0.4) is 0 Å². The van der Waals surface area contributed by atoms with Crippen molar-refractivity contribution < 1.29 is 14.3 Å². The molecule has 2 heterocycles. The Kier molecular flexibility index (Phi) is 5.78. The van der Waals surface area contributed by atoms with Gasteiger partial charge < -0.3 is 10.1 Å². The van der Waals surface area contributed by atoms with Crippen molar-refractivity contribution in [3.8, 4) is 5.75 Å². The fourth-order valence-electron chi connectivity index (χ4n) is 2.95. The van der Waals surface area contributed by atoms with Crippen LogP contribution < -0.4 is 15.0 Å². The second-order valence-corrected chi connectivity index (χ2v) is 8.23. The molecule has 0 aliphatic carbocycles. The Labute approximate surface area is 180 Å². The standard InChI is InChI=1S/C22H17BrN2O3S/c23-17-8-2-1-6-15(17)12-20-22(27)25(18-9-3-4-10-19(18)28-20)14-21(26)24-13-16-7-5-11-29-16/h1-12H,13-14H2,(H,24,26)/b20-12+. The summed E-state index contributed by atoms with van der Waals surface area (Å²) in [6, 6.07) is 18.7. The predicted molar refractivity (Wildman–Crippen MR) is 118 cm³/mol. The van der Waals surface area contributed by atoms with E-state index < -0.39 is 0 Å². The van der Waals surface area contributed by atoms with Crippen LogP contribution in [0.2, 0.25) is 0 Å². The van der Waals surface area contributed by atoms with Crippen LogP contribution in [0.1, 0.15) is 10.4 Å². The first-order valence-electron chi connectivity index (χ1n) is 8.96. The molecular weight excluding hydrogens is 452 g/mol. The maximum absolute atomic E-state index is 13.1. The number of rotatable bonds is 5. The number of fused-ring (bicyclic) bond motifs is 1. The van der Waals surface area contributed by atoms with Crippen molar-refractivity contribution in [3.63, 3.8) is 0 Å². The van der Waals surface area contributed by atoms with Crippen LogP contribution in [0.4, 0.5) is 5.69 Å². The Bertz CT molecular complexity index is 1080. The number of hydrogen-bond acceptors (Lipinski definition) is 4. The van der Waals surface area contributed by atoms with E-state index in [9.17, 15) is 9.59 Å². The van der Waals surface area contributed by atoms with Gasteiger partial charge in [-0.2, -0.15) is 0 Å².